The zero-order valence-corrected chi connectivity index (χ0v) is 16.6. The van der Waals surface area contributed by atoms with Crippen LogP contribution in [0.3, 0.4) is 0 Å². The third kappa shape index (κ3) is 3.89. The number of aryl methyl sites for hydroxylation is 1. The van der Waals surface area contributed by atoms with Gasteiger partial charge < -0.3 is 0 Å². The molecule has 6 heteroatoms. The number of hydrogen-bond acceptors (Lipinski definition) is 5. The molecule has 0 N–H and O–H groups in total. The monoisotopic (exact) mass is 384 g/mol. The van der Waals surface area contributed by atoms with Gasteiger partial charge in [-0.3, -0.25) is 14.9 Å². The summed E-state index contributed by atoms with van der Waals surface area (Å²) in [6, 6.07) is 14.4. The van der Waals surface area contributed by atoms with Crippen LogP contribution in [0.2, 0.25) is 0 Å². The van der Waals surface area contributed by atoms with Crippen LogP contribution < -0.4 is 0 Å². The van der Waals surface area contributed by atoms with Crippen LogP contribution in [0.15, 0.2) is 61.1 Å². The zero-order valence-electron chi connectivity index (χ0n) is 16.6. The molecular formula is C23H24N6. The van der Waals surface area contributed by atoms with E-state index in [1.165, 1.54) is 0 Å². The Balaban J connectivity index is 1.35. The third-order valence-electron chi connectivity index (χ3n) is 5.56. The molecule has 146 valence electrons. The molecule has 1 aliphatic rings. The van der Waals surface area contributed by atoms with E-state index in [1.54, 1.807) is 0 Å². The summed E-state index contributed by atoms with van der Waals surface area (Å²) in [6.45, 7) is 5.01. The molecule has 1 saturated heterocycles. The lowest BCUT2D eigenvalue weighted by Crippen LogP contribution is -2.34. The van der Waals surface area contributed by atoms with Crippen LogP contribution in [-0.2, 0) is 6.54 Å². The van der Waals surface area contributed by atoms with Crippen molar-refractivity contribution >= 4 is 5.65 Å². The van der Waals surface area contributed by atoms with Gasteiger partial charge in [0.2, 0.25) is 0 Å². The van der Waals surface area contributed by atoms with Crippen molar-refractivity contribution in [2.75, 3.05) is 13.1 Å². The van der Waals surface area contributed by atoms with Crippen LogP contribution in [0.5, 0.6) is 0 Å². The SMILES string of the molecule is Cc1cccc(CN2CCC[C@@H](c3nc4ccc(-c5ccncc5)cn4n3)C2)n1. The van der Waals surface area contributed by atoms with Crippen molar-refractivity contribution < 1.29 is 0 Å². The van der Waals surface area contributed by atoms with E-state index in [-0.39, 0.29) is 0 Å². The molecule has 0 aromatic carbocycles. The van der Waals surface area contributed by atoms with E-state index in [0.717, 1.165) is 66.5 Å². The van der Waals surface area contributed by atoms with Gasteiger partial charge in [-0.15, -0.1) is 0 Å². The maximum Gasteiger partial charge on any atom is 0.156 e. The molecule has 0 amide bonds. The van der Waals surface area contributed by atoms with Gasteiger partial charge in [0.05, 0.1) is 5.69 Å². The molecule has 0 radical (unpaired) electrons. The number of rotatable bonds is 4. The first-order chi connectivity index (χ1) is 14.2. The zero-order chi connectivity index (χ0) is 19.6. The van der Waals surface area contributed by atoms with Crippen molar-refractivity contribution in [3.8, 4) is 11.1 Å². The lowest BCUT2D eigenvalue weighted by molar-refractivity contribution is 0.194. The molecule has 1 aliphatic heterocycles. The minimum Gasteiger partial charge on any atom is -0.297 e. The van der Waals surface area contributed by atoms with Gasteiger partial charge in [-0.05, 0) is 68.3 Å². The van der Waals surface area contributed by atoms with Gasteiger partial charge in [-0.2, -0.15) is 5.10 Å². The lowest BCUT2D eigenvalue weighted by atomic mass is 9.97. The van der Waals surface area contributed by atoms with Crippen molar-refractivity contribution in [2.24, 2.45) is 0 Å². The normalized spacial score (nSPS) is 17.6. The molecule has 0 bridgehead atoms. The van der Waals surface area contributed by atoms with Crippen molar-refractivity contribution in [1.82, 2.24) is 29.5 Å². The number of piperidine rings is 1. The van der Waals surface area contributed by atoms with E-state index < -0.39 is 0 Å². The second-order valence-corrected chi connectivity index (χ2v) is 7.77. The van der Waals surface area contributed by atoms with Crippen LogP contribution in [0.1, 0.15) is 36.0 Å². The fraction of sp³-hybridized carbons (Fsp3) is 0.304. The summed E-state index contributed by atoms with van der Waals surface area (Å²) in [5.74, 6) is 1.30. The van der Waals surface area contributed by atoms with Gasteiger partial charge in [0, 0.05) is 48.9 Å². The number of pyridine rings is 3. The Kier molecular flexibility index (Phi) is 4.77. The Bertz CT molecular complexity index is 1120. The molecule has 5 heterocycles. The molecule has 1 atom stereocenters. The first kappa shape index (κ1) is 17.9. The minimum atomic E-state index is 0.359. The number of fused-ring (bicyclic) bond motifs is 1. The first-order valence-electron chi connectivity index (χ1n) is 10.2. The molecule has 1 fully saturated rings. The topological polar surface area (TPSA) is 59.2 Å². The molecule has 0 aliphatic carbocycles. The van der Waals surface area contributed by atoms with Gasteiger partial charge in [0.15, 0.2) is 11.5 Å². The fourth-order valence-electron chi connectivity index (χ4n) is 4.11. The van der Waals surface area contributed by atoms with Gasteiger partial charge >= 0.3 is 0 Å². The van der Waals surface area contributed by atoms with Crippen LogP contribution in [0.4, 0.5) is 0 Å². The summed E-state index contributed by atoms with van der Waals surface area (Å²) in [6.07, 6.45) is 7.97. The average Bonchev–Trinajstić information content (AvgIpc) is 3.18. The smallest absolute Gasteiger partial charge is 0.156 e. The molecule has 0 spiro atoms. The lowest BCUT2D eigenvalue weighted by Gasteiger charge is -2.31. The quantitative estimate of drug-likeness (QED) is 0.534. The van der Waals surface area contributed by atoms with E-state index in [2.05, 4.69) is 39.3 Å². The van der Waals surface area contributed by atoms with Crippen LogP contribution in [-0.4, -0.2) is 42.6 Å². The first-order valence-corrected chi connectivity index (χ1v) is 10.2. The highest BCUT2D eigenvalue weighted by molar-refractivity contribution is 5.63. The average molecular weight is 384 g/mol. The predicted octanol–water partition coefficient (Wildman–Crippen LogP) is 3.87. The van der Waals surface area contributed by atoms with E-state index in [0.29, 0.717) is 5.92 Å². The molecule has 0 saturated carbocycles. The maximum atomic E-state index is 4.83. The maximum absolute atomic E-state index is 4.83. The Hall–Kier alpha value is -3.12. The minimum absolute atomic E-state index is 0.359. The standard InChI is InChI=1S/C23H24N6/c1-17-4-2-6-21(25-17)16-28-13-3-5-20(14-28)23-26-22-8-7-19(15-29(22)27-23)18-9-11-24-12-10-18/h2,4,6-12,15,20H,3,5,13-14,16H2,1H3/t20-/m1/s1. The van der Waals surface area contributed by atoms with E-state index >= 15 is 0 Å². The van der Waals surface area contributed by atoms with Crippen molar-refractivity contribution in [1.29, 1.82) is 0 Å². The van der Waals surface area contributed by atoms with Crippen molar-refractivity contribution in [2.45, 2.75) is 32.2 Å². The Morgan fingerprint density at radius 1 is 1.00 bits per heavy atom. The fourth-order valence-corrected chi connectivity index (χ4v) is 4.11. The Morgan fingerprint density at radius 3 is 2.76 bits per heavy atom. The summed E-state index contributed by atoms with van der Waals surface area (Å²) < 4.78 is 1.91. The summed E-state index contributed by atoms with van der Waals surface area (Å²) in [5, 5.41) is 4.83. The van der Waals surface area contributed by atoms with Crippen LogP contribution in [0.25, 0.3) is 16.8 Å². The summed E-state index contributed by atoms with van der Waals surface area (Å²) in [5.41, 5.74) is 5.36. The highest BCUT2D eigenvalue weighted by Gasteiger charge is 2.25. The van der Waals surface area contributed by atoms with Gasteiger partial charge in [-0.25, -0.2) is 9.50 Å². The summed E-state index contributed by atoms with van der Waals surface area (Å²) in [7, 11) is 0. The molecule has 6 nitrogen and oxygen atoms in total. The van der Waals surface area contributed by atoms with Gasteiger partial charge in [-0.1, -0.05) is 6.07 Å². The van der Waals surface area contributed by atoms with Gasteiger partial charge in [0.25, 0.3) is 0 Å². The van der Waals surface area contributed by atoms with Gasteiger partial charge in [0.1, 0.15) is 0 Å². The van der Waals surface area contributed by atoms with Crippen LogP contribution in [0, 0.1) is 6.92 Å². The molecule has 0 unspecified atom stereocenters. The van der Waals surface area contributed by atoms with Crippen LogP contribution >= 0.6 is 0 Å². The van der Waals surface area contributed by atoms with Crippen molar-refractivity contribution in [3.63, 3.8) is 0 Å². The van der Waals surface area contributed by atoms with Crippen molar-refractivity contribution in [3.05, 3.63) is 78.3 Å². The number of nitrogens with zero attached hydrogens (tertiary/aromatic N) is 6. The number of aromatic nitrogens is 5. The second-order valence-electron chi connectivity index (χ2n) is 7.77. The number of hydrogen-bond donors (Lipinski definition) is 0. The second kappa shape index (κ2) is 7.72. The highest BCUT2D eigenvalue weighted by atomic mass is 15.3. The molecule has 4 aromatic rings. The predicted molar refractivity (Wildman–Crippen MR) is 112 cm³/mol. The molecule has 5 rings (SSSR count). The third-order valence-corrected chi connectivity index (χ3v) is 5.56. The summed E-state index contributed by atoms with van der Waals surface area (Å²) >= 11 is 0. The molecule has 29 heavy (non-hydrogen) atoms. The Labute approximate surface area is 170 Å². The van der Waals surface area contributed by atoms with E-state index in [9.17, 15) is 0 Å². The Morgan fingerprint density at radius 2 is 1.90 bits per heavy atom. The van der Waals surface area contributed by atoms with E-state index in [4.69, 9.17) is 10.1 Å². The molecular weight excluding hydrogens is 360 g/mol. The molecule has 4 aromatic heterocycles. The summed E-state index contributed by atoms with van der Waals surface area (Å²) in [4.78, 5) is 16.1. The van der Waals surface area contributed by atoms with E-state index in [1.807, 2.05) is 48.1 Å². The number of likely N-dealkylation sites (tertiary alicyclic amines) is 1. The highest BCUT2D eigenvalue weighted by Crippen LogP contribution is 2.27. The largest absolute Gasteiger partial charge is 0.297 e.